The lowest BCUT2D eigenvalue weighted by atomic mass is 9.65. The van der Waals surface area contributed by atoms with Crippen LogP contribution in [0.3, 0.4) is 0 Å². The van der Waals surface area contributed by atoms with E-state index in [1.807, 2.05) is 0 Å². The van der Waals surface area contributed by atoms with E-state index in [-0.39, 0.29) is 0 Å². The molecule has 0 spiro atoms. The Morgan fingerprint density at radius 1 is 0.600 bits per heavy atom. The van der Waals surface area contributed by atoms with Crippen molar-refractivity contribution in [2.75, 3.05) is 0 Å². The fraction of sp³-hybridized carbons (Fsp3) is 0.600. The van der Waals surface area contributed by atoms with Crippen molar-refractivity contribution in [1.29, 1.82) is 0 Å². The van der Waals surface area contributed by atoms with Crippen LogP contribution in [0.1, 0.15) is 115 Å². The molecule has 0 fully saturated rings. The minimum Gasteiger partial charge on any atom is -0.0654 e. The maximum atomic E-state index is 2.45. The Labute approximate surface area is 186 Å². The molecule has 2 aromatic carbocycles. The van der Waals surface area contributed by atoms with Crippen LogP contribution in [0.2, 0.25) is 0 Å². The number of unbranched alkanes of at least 4 members (excludes halogenated alkanes) is 2. The summed E-state index contributed by atoms with van der Waals surface area (Å²) < 4.78 is 0. The predicted octanol–water partition coefficient (Wildman–Crippen LogP) is 9.75. The van der Waals surface area contributed by atoms with Crippen LogP contribution in [0.5, 0.6) is 0 Å². The molecule has 1 aliphatic carbocycles. The average molecular weight is 405 g/mol. The van der Waals surface area contributed by atoms with Crippen LogP contribution in [0, 0.1) is 11.8 Å². The molecule has 30 heavy (non-hydrogen) atoms. The lowest BCUT2D eigenvalue weighted by Gasteiger charge is -2.39. The fourth-order valence-corrected chi connectivity index (χ4v) is 5.83. The van der Waals surface area contributed by atoms with Gasteiger partial charge in [0.1, 0.15) is 0 Å². The molecule has 0 heteroatoms. The summed E-state index contributed by atoms with van der Waals surface area (Å²) in [7, 11) is 0. The third kappa shape index (κ3) is 5.37. The van der Waals surface area contributed by atoms with E-state index in [1.54, 1.807) is 11.1 Å². The third-order valence-corrected chi connectivity index (χ3v) is 7.76. The lowest BCUT2D eigenvalue weighted by Crippen LogP contribution is -2.23. The largest absolute Gasteiger partial charge is 0.0654 e. The van der Waals surface area contributed by atoms with Gasteiger partial charge in [-0.05, 0) is 58.8 Å². The fourth-order valence-electron chi connectivity index (χ4n) is 5.83. The Hall–Kier alpha value is -1.56. The minimum atomic E-state index is 0.675. The van der Waals surface area contributed by atoms with E-state index in [4.69, 9.17) is 0 Å². The topological polar surface area (TPSA) is 0 Å². The van der Waals surface area contributed by atoms with Crippen LogP contribution in [-0.2, 0) is 0 Å². The molecule has 0 amide bonds. The van der Waals surface area contributed by atoms with Gasteiger partial charge in [0.2, 0.25) is 0 Å². The highest BCUT2D eigenvalue weighted by molar-refractivity contribution is 5.75. The Bertz CT molecular complexity index is 693. The zero-order chi connectivity index (χ0) is 21.3. The SMILES string of the molecule is CCCCC(CC)CC1c2ccccc2-c2ccccc2C1CC(CC)CCCC. The van der Waals surface area contributed by atoms with Gasteiger partial charge in [-0.25, -0.2) is 0 Å². The molecule has 4 unspecified atom stereocenters. The van der Waals surface area contributed by atoms with Gasteiger partial charge in [-0.3, -0.25) is 0 Å². The van der Waals surface area contributed by atoms with Gasteiger partial charge in [-0.2, -0.15) is 0 Å². The molecule has 0 nitrogen and oxygen atoms in total. The van der Waals surface area contributed by atoms with Gasteiger partial charge in [-0.1, -0.05) is 128 Å². The van der Waals surface area contributed by atoms with Gasteiger partial charge in [0.25, 0.3) is 0 Å². The Morgan fingerprint density at radius 2 is 1.00 bits per heavy atom. The van der Waals surface area contributed by atoms with E-state index in [1.165, 1.54) is 75.3 Å². The van der Waals surface area contributed by atoms with Gasteiger partial charge < -0.3 is 0 Å². The van der Waals surface area contributed by atoms with Crippen LogP contribution in [0.25, 0.3) is 11.1 Å². The van der Waals surface area contributed by atoms with Crippen LogP contribution < -0.4 is 0 Å². The monoisotopic (exact) mass is 404 g/mol. The highest BCUT2D eigenvalue weighted by Crippen LogP contribution is 2.52. The van der Waals surface area contributed by atoms with Gasteiger partial charge >= 0.3 is 0 Å². The maximum Gasteiger partial charge on any atom is -0.00840 e. The maximum absolute atomic E-state index is 2.45. The Morgan fingerprint density at radius 3 is 1.37 bits per heavy atom. The van der Waals surface area contributed by atoms with E-state index >= 15 is 0 Å². The first-order valence-electron chi connectivity index (χ1n) is 12.9. The van der Waals surface area contributed by atoms with Crippen molar-refractivity contribution in [2.45, 2.75) is 104 Å². The quantitative estimate of drug-likeness (QED) is 0.330. The van der Waals surface area contributed by atoms with Crippen molar-refractivity contribution in [3.05, 3.63) is 59.7 Å². The van der Waals surface area contributed by atoms with Crippen molar-refractivity contribution in [3.63, 3.8) is 0 Å². The van der Waals surface area contributed by atoms with Crippen LogP contribution >= 0.6 is 0 Å². The summed E-state index contributed by atoms with van der Waals surface area (Å²) in [4.78, 5) is 0. The molecule has 0 aliphatic heterocycles. The van der Waals surface area contributed by atoms with E-state index < -0.39 is 0 Å². The van der Waals surface area contributed by atoms with Gasteiger partial charge in [0.05, 0.1) is 0 Å². The van der Waals surface area contributed by atoms with E-state index in [2.05, 4.69) is 76.2 Å². The molecule has 1 aliphatic rings. The molecule has 0 heterocycles. The first kappa shape index (κ1) is 23.1. The van der Waals surface area contributed by atoms with Crippen molar-refractivity contribution in [3.8, 4) is 11.1 Å². The Balaban J connectivity index is 1.98. The van der Waals surface area contributed by atoms with Crippen LogP contribution in [0.4, 0.5) is 0 Å². The molecule has 164 valence electrons. The second kappa shape index (κ2) is 11.7. The molecule has 0 N–H and O–H groups in total. The van der Waals surface area contributed by atoms with Gasteiger partial charge in [0.15, 0.2) is 0 Å². The second-order valence-electron chi connectivity index (χ2n) is 9.69. The van der Waals surface area contributed by atoms with E-state index in [9.17, 15) is 0 Å². The normalized spacial score (nSPS) is 19.7. The Kier molecular flexibility index (Phi) is 9.04. The smallest absolute Gasteiger partial charge is 0.00840 e. The molecule has 4 atom stereocenters. The number of benzene rings is 2. The zero-order valence-electron chi connectivity index (χ0n) is 20.0. The highest BCUT2D eigenvalue weighted by atomic mass is 14.4. The summed E-state index contributed by atoms with van der Waals surface area (Å²) in [6.07, 6.45) is 13.5. The summed E-state index contributed by atoms with van der Waals surface area (Å²) in [5.41, 5.74) is 6.26. The van der Waals surface area contributed by atoms with Crippen molar-refractivity contribution in [2.24, 2.45) is 11.8 Å². The summed E-state index contributed by atoms with van der Waals surface area (Å²) in [5, 5.41) is 0. The van der Waals surface area contributed by atoms with Crippen molar-refractivity contribution >= 4 is 0 Å². The third-order valence-electron chi connectivity index (χ3n) is 7.76. The number of rotatable bonds is 12. The van der Waals surface area contributed by atoms with Gasteiger partial charge in [-0.15, -0.1) is 0 Å². The lowest BCUT2D eigenvalue weighted by molar-refractivity contribution is 0.308. The molecule has 0 bridgehead atoms. The standard InChI is InChI=1S/C30H44/c1-5-9-15-23(7-3)21-29-27-19-13-11-17-25(27)26-18-12-14-20-28(26)30(29)22-24(8-4)16-10-6-2/h11-14,17-20,23-24,29-30H,5-10,15-16,21-22H2,1-4H3. The minimum absolute atomic E-state index is 0.675. The molecular formula is C30H44. The highest BCUT2D eigenvalue weighted by Gasteiger charge is 2.35. The number of fused-ring (bicyclic) bond motifs is 3. The molecule has 0 saturated carbocycles. The first-order valence-corrected chi connectivity index (χ1v) is 12.9. The molecule has 0 saturated heterocycles. The van der Waals surface area contributed by atoms with Crippen molar-refractivity contribution < 1.29 is 0 Å². The first-order chi connectivity index (χ1) is 14.7. The summed E-state index contributed by atoms with van der Waals surface area (Å²) >= 11 is 0. The summed E-state index contributed by atoms with van der Waals surface area (Å²) in [6, 6.07) is 18.7. The van der Waals surface area contributed by atoms with Gasteiger partial charge in [0, 0.05) is 0 Å². The summed E-state index contributed by atoms with van der Waals surface area (Å²) in [5.74, 6) is 3.06. The van der Waals surface area contributed by atoms with E-state index in [0.717, 1.165) is 11.8 Å². The molecule has 0 aromatic heterocycles. The summed E-state index contributed by atoms with van der Waals surface area (Å²) in [6.45, 7) is 9.49. The van der Waals surface area contributed by atoms with Crippen LogP contribution in [-0.4, -0.2) is 0 Å². The van der Waals surface area contributed by atoms with Crippen molar-refractivity contribution in [1.82, 2.24) is 0 Å². The molecule has 0 radical (unpaired) electrons. The molecular weight excluding hydrogens is 360 g/mol. The number of hydrogen-bond acceptors (Lipinski definition) is 0. The average Bonchev–Trinajstić information content (AvgIpc) is 2.80. The van der Waals surface area contributed by atoms with Crippen LogP contribution in [0.15, 0.2) is 48.5 Å². The zero-order valence-corrected chi connectivity index (χ0v) is 20.0. The number of hydrogen-bond donors (Lipinski definition) is 0. The van der Waals surface area contributed by atoms with E-state index in [0.29, 0.717) is 11.8 Å². The predicted molar refractivity (Wildman–Crippen MR) is 133 cm³/mol. The molecule has 2 aromatic rings. The molecule has 3 rings (SSSR count). The second-order valence-corrected chi connectivity index (χ2v) is 9.69.